The van der Waals surface area contributed by atoms with E-state index in [0.717, 1.165) is 33.2 Å². The SMILES string of the molecule is Cc1cc([C@@H](C)Nc2ccccc2C(=O)O)c2oc(-c3ccc4nn(Cc5ccccc5)cc4c3)c(C)c(=O)c2c1. The minimum Gasteiger partial charge on any atom is -0.478 e. The standard InChI is InChI=1S/C34H29N3O4/c1-20-15-27(22(3)35-30-12-8-7-11-26(30)34(39)40)33-28(16-20)31(38)21(2)32(41-33)24-13-14-29-25(17-24)19-37(36-29)18-23-9-5-4-6-10-23/h4-17,19,22,35H,18H2,1-3H3,(H,39,40)/t22-/m1/s1. The summed E-state index contributed by atoms with van der Waals surface area (Å²) in [5, 5.41) is 19.1. The van der Waals surface area contributed by atoms with Gasteiger partial charge in [-0.05, 0) is 68.3 Å². The Labute approximate surface area is 236 Å². The van der Waals surface area contributed by atoms with E-state index >= 15 is 0 Å². The van der Waals surface area contributed by atoms with Crippen LogP contribution in [0.5, 0.6) is 0 Å². The van der Waals surface area contributed by atoms with Gasteiger partial charge in [0.1, 0.15) is 11.3 Å². The highest BCUT2D eigenvalue weighted by Gasteiger charge is 2.20. The summed E-state index contributed by atoms with van der Waals surface area (Å²) in [6.45, 7) is 6.31. The molecule has 7 heteroatoms. The van der Waals surface area contributed by atoms with Crippen molar-refractivity contribution in [3.63, 3.8) is 0 Å². The summed E-state index contributed by atoms with van der Waals surface area (Å²) in [6, 6.07) is 26.3. The number of hydrogen-bond acceptors (Lipinski definition) is 5. The fourth-order valence-corrected chi connectivity index (χ4v) is 5.34. The zero-order chi connectivity index (χ0) is 28.7. The van der Waals surface area contributed by atoms with Crippen molar-refractivity contribution >= 4 is 33.5 Å². The van der Waals surface area contributed by atoms with Crippen LogP contribution in [0.15, 0.2) is 100 Å². The summed E-state index contributed by atoms with van der Waals surface area (Å²) in [5.74, 6) is -0.509. The van der Waals surface area contributed by atoms with E-state index in [2.05, 4.69) is 17.4 Å². The number of carbonyl (C=O) groups is 1. The van der Waals surface area contributed by atoms with Crippen molar-refractivity contribution in [2.45, 2.75) is 33.4 Å². The third kappa shape index (κ3) is 4.98. The zero-order valence-electron chi connectivity index (χ0n) is 23.0. The third-order valence-electron chi connectivity index (χ3n) is 7.39. The van der Waals surface area contributed by atoms with Crippen molar-refractivity contribution in [3.8, 4) is 11.3 Å². The molecule has 2 heterocycles. The number of aromatic carboxylic acids is 1. The molecule has 0 bridgehead atoms. The predicted molar refractivity (Wildman–Crippen MR) is 162 cm³/mol. The number of hydrogen-bond donors (Lipinski definition) is 2. The first kappa shape index (κ1) is 26.1. The van der Waals surface area contributed by atoms with Crippen LogP contribution in [0.3, 0.4) is 0 Å². The zero-order valence-corrected chi connectivity index (χ0v) is 23.0. The monoisotopic (exact) mass is 543 g/mol. The van der Waals surface area contributed by atoms with Gasteiger partial charge in [-0.2, -0.15) is 5.10 Å². The Morgan fingerprint density at radius 3 is 2.54 bits per heavy atom. The second-order valence-electron chi connectivity index (χ2n) is 10.4. The van der Waals surface area contributed by atoms with E-state index in [4.69, 9.17) is 9.52 Å². The van der Waals surface area contributed by atoms with Gasteiger partial charge in [0.05, 0.1) is 29.1 Å². The molecule has 0 radical (unpaired) electrons. The van der Waals surface area contributed by atoms with Crippen LogP contribution in [0, 0.1) is 13.8 Å². The van der Waals surface area contributed by atoms with Gasteiger partial charge in [-0.1, -0.05) is 48.5 Å². The summed E-state index contributed by atoms with van der Waals surface area (Å²) < 4.78 is 8.46. The van der Waals surface area contributed by atoms with E-state index in [1.807, 2.05) is 73.3 Å². The van der Waals surface area contributed by atoms with Gasteiger partial charge in [0.2, 0.25) is 0 Å². The number of rotatable bonds is 7. The lowest BCUT2D eigenvalue weighted by molar-refractivity contribution is 0.0698. The molecule has 0 aliphatic rings. The third-order valence-corrected chi connectivity index (χ3v) is 7.39. The second kappa shape index (κ2) is 10.4. The van der Waals surface area contributed by atoms with Gasteiger partial charge in [0.15, 0.2) is 5.43 Å². The predicted octanol–water partition coefficient (Wildman–Crippen LogP) is 7.35. The average molecular weight is 544 g/mol. The lowest BCUT2D eigenvalue weighted by Gasteiger charge is -2.20. The molecule has 0 saturated heterocycles. The smallest absolute Gasteiger partial charge is 0.337 e. The summed E-state index contributed by atoms with van der Waals surface area (Å²) in [6.07, 6.45) is 2.00. The lowest BCUT2D eigenvalue weighted by Crippen LogP contribution is -2.14. The number of para-hydroxylation sites is 1. The fourth-order valence-electron chi connectivity index (χ4n) is 5.34. The molecule has 0 saturated carbocycles. The number of carboxylic acids is 1. The molecular weight excluding hydrogens is 514 g/mol. The topological polar surface area (TPSA) is 97.4 Å². The minimum absolute atomic E-state index is 0.0933. The van der Waals surface area contributed by atoms with Crippen LogP contribution in [-0.2, 0) is 6.54 Å². The second-order valence-corrected chi connectivity index (χ2v) is 10.4. The summed E-state index contributed by atoms with van der Waals surface area (Å²) in [4.78, 5) is 25.4. The van der Waals surface area contributed by atoms with Crippen molar-refractivity contribution < 1.29 is 14.3 Å². The fraction of sp³-hybridized carbons (Fsp3) is 0.147. The number of aryl methyl sites for hydroxylation is 1. The van der Waals surface area contributed by atoms with Crippen LogP contribution in [0.1, 0.15) is 45.6 Å². The molecule has 204 valence electrons. The normalized spacial score (nSPS) is 12.1. The molecule has 0 aliphatic heterocycles. The first-order chi connectivity index (χ1) is 19.8. The highest BCUT2D eigenvalue weighted by atomic mass is 16.4. The Hall–Kier alpha value is -5.17. The Bertz CT molecular complexity index is 1990. The van der Waals surface area contributed by atoms with Crippen molar-refractivity contribution in [2.24, 2.45) is 0 Å². The quantitative estimate of drug-likeness (QED) is 0.219. The van der Waals surface area contributed by atoms with Gasteiger partial charge in [-0.3, -0.25) is 9.48 Å². The Kier molecular flexibility index (Phi) is 6.63. The average Bonchev–Trinajstić information content (AvgIpc) is 3.37. The summed E-state index contributed by atoms with van der Waals surface area (Å²) >= 11 is 0. The Balaban J connectivity index is 1.43. The van der Waals surface area contributed by atoms with Crippen molar-refractivity contribution in [1.29, 1.82) is 0 Å². The highest BCUT2D eigenvalue weighted by Crippen LogP contribution is 2.33. The van der Waals surface area contributed by atoms with E-state index in [-0.39, 0.29) is 17.0 Å². The van der Waals surface area contributed by atoms with Crippen LogP contribution in [0.25, 0.3) is 33.2 Å². The first-order valence-electron chi connectivity index (χ1n) is 13.5. The summed E-state index contributed by atoms with van der Waals surface area (Å²) in [5.41, 5.74) is 6.08. The molecule has 6 rings (SSSR count). The van der Waals surface area contributed by atoms with Gasteiger partial charge in [0.25, 0.3) is 0 Å². The number of anilines is 1. The Morgan fingerprint density at radius 1 is 1.00 bits per heavy atom. The maximum atomic E-state index is 13.6. The van der Waals surface area contributed by atoms with Crippen molar-refractivity contribution in [1.82, 2.24) is 9.78 Å². The van der Waals surface area contributed by atoms with Crippen molar-refractivity contribution in [2.75, 3.05) is 5.32 Å². The number of benzene rings is 4. The largest absolute Gasteiger partial charge is 0.478 e. The lowest BCUT2D eigenvalue weighted by atomic mass is 9.98. The molecule has 0 spiro atoms. The first-order valence-corrected chi connectivity index (χ1v) is 13.5. The van der Waals surface area contributed by atoms with E-state index in [1.54, 1.807) is 31.2 Å². The van der Waals surface area contributed by atoms with Crippen LogP contribution in [-0.4, -0.2) is 20.9 Å². The number of fused-ring (bicyclic) bond motifs is 2. The van der Waals surface area contributed by atoms with E-state index in [1.165, 1.54) is 0 Å². The van der Waals surface area contributed by atoms with Gasteiger partial charge < -0.3 is 14.8 Å². The van der Waals surface area contributed by atoms with Gasteiger partial charge >= 0.3 is 5.97 Å². The number of nitrogens with one attached hydrogen (secondary N) is 1. The molecule has 0 aliphatic carbocycles. The molecule has 2 N–H and O–H groups in total. The number of carboxylic acid groups (broad SMARTS) is 1. The maximum Gasteiger partial charge on any atom is 0.337 e. The van der Waals surface area contributed by atoms with Gasteiger partial charge in [-0.25, -0.2) is 4.79 Å². The van der Waals surface area contributed by atoms with E-state index < -0.39 is 5.97 Å². The summed E-state index contributed by atoms with van der Waals surface area (Å²) in [7, 11) is 0. The van der Waals surface area contributed by atoms with Crippen LogP contribution in [0.4, 0.5) is 5.69 Å². The molecule has 0 amide bonds. The molecule has 6 aromatic rings. The van der Waals surface area contributed by atoms with Crippen molar-refractivity contribution in [3.05, 3.63) is 129 Å². The van der Waals surface area contributed by atoms with E-state index in [0.29, 0.717) is 34.5 Å². The molecule has 41 heavy (non-hydrogen) atoms. The molecule has 0 unspecified atom stereocenters. The van der Waals surface area contributed by atoms with Crippen LogP contribution >= 0.6 is 0 Å². The highest BCUT2D eigenvalue weighted by molar-refractivity contribution is 5.94. The maximum absolute atomic E-state index is 13.6. The van der Waals surface area contributed by atoms with Crippen LogP contribution < -0.4 is 10.7 Å². The molecule has 4 aromatic carbocycles. The molecule has 7 nitrogen and oxygen atoms in total. The molecular formula is C34H29N3O4. The molecule has 1 atom stereocenters. The van der Waals surface area contributed by atoms with Gasteiger partial charge in [0, 0.05) is 34.0 Å². The molecule has 0 fully saturated rings. The minimum atomic E-state index is -1.01. The van der Waals surface area contributed by atoms with Gasteiger partial charge in [-0.15, -0.1) is 0 Å². The number of nitrogens with zero attached hydrogens (tertiary/aromatic N) is 2. The number of aromatic nitrogens is 2. The van der Waals surface area contributed by atoms with E-state index in [9.17, 15) is 14.7 Å². The Morgan fingerprint density at radius 2 is 1.76 bits per heavy atom. The molecule has 2 aromatic heterocycles. The van der Waals surface area contributed by atoms with Crippen LogP contribution in [0.2, 0.25) is 0 Å².